The van der Waals surface area contributed by atoms with E-state index in [1.54, 1.807) is 13.4 Å². The quantitative estimate of drug-likeness (QED) is 0.745. The SMILES string of the molecule is CCCNc1ncnc(OC(C)COC)c1CCC. The number of methoxy groups -OCH3 is 1. The second kappa shape index (κ2) is 8.69. The second-order valence-electron chi connectivity index (χ2n) is 4.57. The number of ether oxygens (including phenoxy) is 2. The van der Waals surface area contributed by atoms with Gasteiger partial charge in [-0.15, -0.1) is 0 Å². The third-order valence-electron chi connectivity index (χ3n) is 2.66. The maximum atomic E-state index is 5.84. The highest BCUT2D eigenvalue weighted by atomic mass is 16.5. The van der Waals surface area contributed by atoms with Gasteiger partial charge in [0.1, 0.15) is 18.2 Å². The van der Waals surface area contributed by atoms with Crippen molar-refractivity contribution in [1.82, 2.24) is 9.97 Å². The molecule has 0 aliphatic rings. The fraction of sp³-hybridized carbons (Fsp3) is 0.714. The Morgan fingerprint density at radius 1 is 1.26 bits per heavy atom. The van der Waals surface area contributed by atoms with E-state index in [-0.39, 0.29) is 6.10 Å². The maximum absolute atomic E-state index is 5.84. The minimum Gasteiger partial charge on any atom is -0.472 e. The minimum absolute atomic E-state index is 0.0190. The van der Waals surface area contributed by atoms with Gasteiger partial charge in [0, 0.05) is 13.7 Å². The number of aromatic nitrogens is 2. The lowest BCUT2D eigenvalue weighted by Gasteiger charge is -2.17. The summed E-state index contributed by atoms with van der Waals surface area (Å²) in [5.74, 6) is 1.55. The minimum atomic E-state index is -0.0190. The molecule has 1 N–H and O–H groups in total. The standard InChI is InChI=1S/C14H25N3O2/c1-5-7-12-13(15-8-6-2)16-10-17-14(12)19-11(3)9-18-4/h10-11H,5-9H2,1-4H3,(H,15,16,17). The van der Waals surface area contributed by atoms with E-state index in [4.69, 9.17) is 9.47 Å². The van der Waals surface area contributed by atoms with Crippen LogP contribution in [-0.2, 0) is 11.2 Å². The van der Waals surface area contributed by atoms with Gasteiger partial charge in [-0.25, -0.2) is 9.97 Å². The Hall–Kier alpha value is -1.36. The summed E-state index contributed by atoms with van der Waals surface area (Å²) in [5.41, 5.74) is 1.06. The molecule has 0 spiro atoms. The predicted octanol–water partition coefficient (Wildman–Crippen LogP) is 2.66. The van der Waals surface area contributed by atoms with Gasteiger partial charge in [-0.2, -0.15) is 0 Å². The molecule has 1 atom stereocenters. The predicted molar refractivity (Wildman–Crippen MR) is 76.8 cm³/mol. The van der Waals surface area contributed by atoms with Crippen LogP contribution in [0.4, 0.5) is 5.82 Å². The van der Waals surface area contributed by atoms with Crippen LogP contribution in [0.1, 0.15) is 39.2 Å². The average Bonchev–Trinajstić information content (AvgIpc) is 2.39. The Labute approximate surface area is 115 Å². The highest BCUT2D eigenvalue weighted by molar-refractivity contribution is 5.48. The molecule has 1 unspecified atom stereocenters. The summed E-state index contributed by atoms with van der Waals surface area (Å²) in [7, 11) is 1.67. The Bertz CT molecular complexity index is 372. The topological polar surface area (TPSA) is 56.3 Å². The van der Waals surface area contributed by atoms with Crippen LogP contribution < -0.4 is 10.1 Å². The molecule has 108 valence electrons. The van der Waals surface area contributed by atoms with Crippen molar-refractivity contribution in [3.8, 4) is 5.88 Å². The maximum Gasteiger partial charge on any atom is 0.222 e. The van der Waals surface area contributed by atoms with E-state index in [0.29, 0.717) is 12.5 Å². The molecule has 0 amide bonds. The number of nitrogens with one attached hydrogen (secondary N) is 1. The van der Waals surface area contributed by atoms with Gasteiger partial charge in [-0.1, -0.05) is 20.3 Å². The van der Waals surface area contributed by atoms with Crippen molar-refractivity contribution >= 4 is 5.82 Å². The Morgan fingerprint density at radius 3 is 2.68 bits per heavy atom. The van der Waals surface area contributed by atoms with E-state index in [0.717, 1.165) is 37.2 Å². The average molecular weight is 267 g/mol. The number of nitrogens with zero attached hydrogens (tertiary/aromatic N) is 2. The van der Waals surface area contributed by atoms with Crippen molar-refractivity contribution in [2.24, 2.45) is 0 Å². The first-order valence-electron chi connectivity index (χ1n) is 6.96. The zero-order valence-corrected chi connectivity index (χ0v) is 12.4. The fourth-order valence-corrected chi connectivity index (χ4v) is 1.83. The molecule has 5 nitrogen and oxygen atoms in total. The number of hydrogen-bond acceptors (Lipinski definition) is 5. The van der Waals surface area contributed by atoms with Crippen LogP contribution >= 0.6 is 0 Å². The molecular formula is C14H25N3O2. The van der Waals surface area contributed by atoms with Crippen LogP contribution in [0.5, 0.6) is 5.88 Å². The molecule has 0 bridgehead atoms. The van der Waals surface area contributed by atoms with E-state index >= 15 is 0 Å². The highest BCUT2D eigenvalue weighted by Gasteiger charge is 2.14. The summed E-state index contributed by atoms with van der Waals surface area (Å²) in [4.78, 5) is 8.57. The van der Waals surface area contributed by atoms with Gasteiger partial charge in [0.15, 0.2) is 0 Å². The first-order valence-corrected chi connectivity index (χ1v) is 6.96. The highest BCUT2D eigenvalue weighted by Crippen LogP contribution is 2.24. The molecule has 0 aliphatic heterocycles. The van der Waals surface area contributed by atoms with Crippen molar-refractivity contribution in [2.45, 2.75) is 46.1 Å². The van der Waals surface area contributed by atoms with Crippen molar-refractivity contribution < 1.29 is 9.47 Å². The Morgan fingerprint density at radius 2 is 2.05 bits per heavy atom. The molecule has 0 aliphatic carbocycles. The first-order chi connectivity index (χ1) is 9.22. The number of hydrogen-bond donors (Lipinski definition) is 1. The molecule has 0 radical (unpaired) electrons. The summed E-state index contributed by atoms with van der Waals surface area (Å²) in [5, 5.41) is 3.33. The number of anilines is 1. The van der Waals surface area contributed by atoms with Crippen LogP contribution in [0, 0.1) is 0 Å². The molecule has 0 saturated carbocycles. The van der Waals surface area contributed by atoms with Crippen molar-refractivity contribution in [2.75, 3.05) is 25.6 Å². The molecule has 19 heavy (non-hydrogen) atoms. The fourth-order valence-electron chi connectivity index (χ4n) is 1.83. The largest absolute Gasteiger partial charge is 0.472 e. The number of rotatable bonds is 9. The Balaban J connectivity index is 2.88. The molecule has 0 fully saturated rings. The van der Waals surface area contributed by atoms with Crippen LogP contribution in [0.3, 0.4) is 0 Å². The van der Waals surface area contributed by atoms with E-state index < -0.39 is 0 Å². The summed E-state index contributed by atoms with van der Waals surface area (Å²) in [6, 6.07) is 0. The van der Waals surface area contributed by atoms with Crippen LogP contribution in [0.25, 0.3) is 0 Å². The molecular weight excluding hydrogens is 242 g/mol. The normalized spacial score (nSPS) is 12.2. The van der Waals surface area contributed by atoms with Crippen LogP contribution in [0.2, 0.25) is 0 Å². The lowest BCUT2D eigenvalue weighted by molar-refractivity contribution is 0.0881. The van der Waals surface area contributed by atoms with Crippen molar-refractivity contribution in [3.63, 3.8) is 0 Å². The van der Waals surface area contributed by atoms with Gasteiger partial charge in [0.05, 0.1) is 12.2 Å². The zero-order chi connectivity index (χ0) is 14.1. The molecule has 0 aromatic carbocycles. The second-order valence-corrected chi connectivity index (χ2v) is 4.57. The van der Waals surface area contributed by atoms with Crippen molar-refractivity contribution in [3.05, 3.63) is 11.9 Å². The summed E-state index contributed by atoms with van der Waals surface area (Å²) in [6.07, 6.45) is 4.53. The smallest absolute Gasteiger partial charge is 0.222 e. The van der Waals surface area contributed by atoms with Crippen LogP contribution in [0.15, 0.2) is 6.33 Å². The molecule has 1 rings (SSSR count). The van der Waals surface area contributed by atoms with Gasteiger partial charge in [-0.3, -0.25) is 0 Å². The Kier molecular flexibility index (Phi) is 7.18. The summed E-state index contributed by atoms with van der Waals surface area (Å²) < 4.78 is 10.9. The van der Waals surface area contributed by atoms with Gasteiger partial charge >= 0.3 is 0 Å². The van der Waals surface area contributed by atoms with Gasteiger partial charge in [0.25, 0.3) is 0 Å². The molecule has 0 saturated heterocycles. The summed E-state index contributed by atoms with van der Waals surface area (Å²) >= 11 is 0. The van der Waals surface area contributed by atoms with E-state index in [9.17, 15) is 0 Å². The monoisotopic (exact) mass is 267 g/mol. The lowest BCUT2D eigenvalue weighted by Crippen LogP contribution is -2.20. The molecule has 1 heterocycles. The van der Waals surface area contributed by atoms with Gasteiger partial charge in [0.2, 0.25) is 5.88 Å². The summed E-state index contributed by atoms with van der Waals surface area (Å²) in [6.45, 7) is 7.69. The lowest BCUT2D eigenvalue weighted by atomic mass is 10.1. The molecule has 1 aromatic heterocycles. The molecule has 1 aromatic rings. The third kappa shape index (κ3) is 5.03. The zero-order valence-electron chi connectivity index (χ0n) is 12.4. The molecule has 5 heteroatoms. The van der Waals surface area contributed by atoms with Gasteiger partial charge in [-0.05, 0) is 19.8 Å². The van der Waals surface area contributed by atoms with E-state index in [2.05, 4.69) is 29.1 Å². The van der Waals surface area contributed by atoms with Crippen LogP contribution in [-0.4, -0.2) is 36.3 Å². The van der Waals surface area contributed by atoms with Crippen molar-refractivity contribution in [1.29, 1.82) is 0 Å². The van der Waals surface area contributed by atoms with E-state index in [1.807, 2.05) is 6.92 Å². The van der Waals surface area contributed by atoms with Gasteiger partial charge < -0.3 is 14.8 Å². The van der Waals surface area contributed by atoms with E-state index in [1.165, 1.54) is 0 Å². The first kappa shape index (κ1) is 15.7. The third-order valence-corrected chi connectivity index (χ3v) is 2.66.